The molecule has 4 rings (SSSR count). The quantitative estimate of drug-likeness (QED) is 0.706. The Bertz CT molecular complexity index is 903. The number of amides is 2. The molecule has 0 unspecified atom stereocenters. The van der Waals surface area contributed by atoms with Gasteiger partial charge in [-0.25, -0.2) is 4.98 Å². The van der Waals surface area contributed by atoms with Crippen molar-refractivity contribution in [2.45, 2.75) is 44.7 Å². The molecule has 0 radical (unpaired) electrons. The lowest BCUT2D eigenvalue weighted by atomic mass is 9.83. The summed E-state index contributed by atoms with van der Waals surface area (Å²) in [5.41, 5.74) is 1.76. The van der Waals surface area contributed by atoms with Crippen LogP contribution in [0.5, 0.6) is 0 Å². The van der Waals surface area contributed by atoms with Gasteiger partial charge in [-0.1, -0.05) is 24.4 Å². The molecule has 2 aromatic rings. The first-order valence-electron chi connectivity index (χ1n) is 10.0. The Morgan fingerprint density at radius 3 is 2.70 bits per heavy atom. The number of carbonyl (C=O) groups excluding carboxylic acids is 2. The highest BCUT2D eigenvalue weighted by atomic mass is 35.5. The minimum Gasteiger partial charge on any atom is -0.346 e. The zero-order chi connectivity index (χ0) is 20.4. The van der Waals surface area contributed by atoms with Crippen molar-refractivity contribution in [3.8, 4) is 0 Å². The van der Waals surface area contributed by atoms with Gasteiger partial charge in [0.15, 0.2) is 5.01 Å². The van der Waals surface area contributed by atoms with Gasteiger partial charge in [0.25, 0.3) is 5.91 Å². The zero-order valence-electron chi connectivity index (χ0n) is 16.8. The van der Waals surface area contributed by atoms with E-state index in [0.717, 1.165) is 50.9 Å². The Morgan fingerprint density at radius 1 is 1.20 bits per heavy atom. The summed E-state index contributed by atoms with van der Waals surface area (Å²) in [5.74, 6) is -0.468. The van der Waals surface area contributed by atoms with Gasteiger partial charge in [-0.2, -0.15) is 0 Å². The van der Waals surface area contributed by atoms with Crippen LogP contribution in [-0.4, -0.2) is 41.3 Å². The van der Waals surface area contributed by atoms with Crippen molar-refractivity contribution in [3.05, 3.63) is 44.9 Å². The lowest BCUT2D eigenvalue weighted by Crippen LogP contribution is -2.46. The summed E-state index contributed by atoms with van der Waals surface area (Å²) in [5, 5.41) is 7.19. The third-order valence-corrected chi connectivity index (χ3v) is 6.98. The number of halogens is 2. The summed E-state index contributed by atoms with van der Waals surface area (Å²) >= 11 is 7.38. The van der Waals surface area contributed by atoms with Gasteiger partial charge >= 0.3 is 0 Å². The minimum absolute atomic E-state index is 0. The summed E-state index contributed by atoms with van der Waals surface area (Å²) in [7, 11) is 2.08. The molecule has 2 amide bonds. The number of benzene rings is 1. The van der Waals surface area contributed by atoms with Crippen LogP contribution in [0.15, 0.2) is 24.3 Å². The summed E-state index contributed by atoms with van der Waals surface area (Å²) in [4.78, 5) is 33.7. The van der Waals surface area contributed by atoms with E-state index >= 15 is 0 Å². The SMILES string of the molecule is CN1CCc2nc(C(=O)N[C@@H]3CCCC[C@H]3C(=O)Nc3ccc(Cl)cc3)sc2C1.Cl. The van der Waals surface area contributed by atoms with E-state index in [1.54, 1.807) is 24.3 Å². The highest BCUT2D eigenvalue weighted by molar-refractivity contribution is 7.13. The van der Waals surface area contributed by atoms with E-state index in [1.807, 2.05) is 0 Å². The molecule has 2 atom stereocenters. The van der Waals surface area contributed by atoms with Gasteiger partial charge in [0.2, 0.25) is 5.91 Å². The molecule has 0 bridgehead atoms. The third-order valence-electron chi connectivity index (χ3n) is 5.65. The third kappa shape index (κ3) is 5.32. The van der Waals surface area contributed by atoms with Crippen molar-refractivity contribution in [1.29, 1.82) is 0 Å². The van der Waals surface area contributed by atoms with E-state index in [2.05, 4.69) is 27.6 Å². The van der Waals surface area contributed by atoms with Crippen LogP contribution in [0.1, 0.15) is 46.1 Å². The van der Waals surface area contributed by atoms with Crippen LogP contribution in [0.4, 0.5) is 5.69 Å². The number of nitrogens with one attached hydrogen (secondary N) is 2. The largest absolute Gasteiger partial charge is 0.346 e. The summed E-state index contributed by atoms with van der Waals surface area (Å²) < 4.78 is 0. The smallest absolute Gasteiger partial charge is 0.280 e. The maximum Gasteiger partial charge on any atom is 0.280 e. The number of likely N-dealkylation sites (N-methyl/N-ethyl adjacent to an activating group) is 1. The van der Waals surface area contributed by atoms with E-state index in [-0.39, 0.29) is 36.2 Å². The summed E-state index contributed by atoms with van der Waals surface area (Å²) in [6.45, 7) is 1.81. The normalized spacial score (nSPS) is 21.3. The van der Waals surface area contributed by atoms with Crippen molar-refractivity contribution in [2.24, 2.45) is 5.92 Å². The number of aromatic nitrogens is 1. The molecule has 1 aromatic heterocycles. The Balaban J connectivity index is 0.00000256. The van der Waals surface area contributed by atoms with Gasteiger partial charge in [0.1, 0.15) is 0 Å². The Labute approximate surface area is 191 Å². The molecule has 1 aromatic carbocycles. The topological polar surface area (TPSA) is 74.3 Å². The molecule has 2 N–H and O–H groups in total. The van der Waals surface area contributed by atoms with Crippen molar-refractivity contribution >= 4 is 52.8 Å². The van der Waals surface area contributed by atoms with Crippen LogP contribution in [0, 0.1) is 5.92 Å². The second-order valence-electron chi connectivity index (χ2n) is 7.84. The summed E-state index contributed by atoms with van der Waals surface area (Å²) in [6, 6.07) is 6.89. The molecule has 9 heteroatoms. The first-order valence-corrected chi connectivity index (χ1v) is 11.2. The van der Waals surface area contributed by atoms with E-state index < -0.39 is 0 Å². The molecule has 1 fully saturated rings. The average molecular weight is 469 g/mol. The molecular weight excluding hydrogens is 443 g/mol. The fraction of sp³-hybridized carbons (Fsp3) is 0.476. The van der Waals surface area contributed by atoms with Crippen LogP contribution in [0.25, 0.3) is 0 Å². The number of carbonyl (C=O) groups is 2. The Hall–Kier alpha value is -1.67. The van der Waals surface area contributed by atoms with E-state index in [1.165, 1.54) is 16.2 Å². The number of hydrogen-bond acceptors (Lipinski definition) is 5. The second kappa shape index (κ2) is 10.1. The number of thiazole rings is 1. The molecule has 30 heavy (non-hydrogen) atoms. The Kier molecular flexibility index (Phi) is 7.74. The lowest BCUT2D eigenvalue weighted by Gasteiger charge is -2.31. The van der Waals surface area contributed by atoms with Gasteiger partial charge in [0, 0.05) is 41.1 Å². The second-order valence-corrected chi connectivity index (χ2v) is 9.36. The van der Waals surface area contributed by atoms with Crippen molar-refractivity contribution in [3.63, 3.8) is 0 Å². The van der Waals surface area contributed by atoms with Crippen molar-refractivity contribution in [2.75, 3.05) is 18.9 Å². The van der Waals surface area contributed by atoms with Crippen molar-refractivity contribution < 1.29 is 9.59 Å². The van der Waals surface area contributed by atoms with E-state index in [9.17, 15) is 9.59 Å². The van der Waals surface area contributed by atoms with E-state index in [4.69, 9.17) is 11.6 Å². The Morgan fingerprint density at radius 2 is 1.93 bits per heavy atom. The van der Waals surface area contributed by atoms with Gasteiger partial charge in [-0.05, 0) is 44.2 Å². The monoisotopic (exact) mass is 468 g/mol. The van der Waals surface area contributed by atoms with E-state index in [0.29, 0.717) is 15.7 Å². The molecule has 162 valence electrons. The fourth-order valence-electron chi connectivity index (χ4n) is 4.04. The molecule has 6 nitrogen and oxygen atoms in total. The van der Waals surface area contributed by atoms with Crippen LogP contribution < -0.4 is 10.6 Å². The van der Waals surface area contributed by atoms with Gasteiger partial charge in [-0.3, -0.25) is 9.59 Å². The van der Waals surface area contributed by atoms with Crippen LogP contribution in [0.3, 0.4) is 0 Å². The molecule has 2 aliphatic rings. The molecule has 1 saturated carbocycles. The molecule has 1 aliphatic heterocycles. The van der Waals surface area contributed by atoms with Crippen LogP contribution in [-0.2, 0) is 17.8 Å². The highest BCUT2D eigenvalue weighted by Crippen LogP contribution is 2.28. The van der Waals surface area contributed by atoms with Crippen molar-refractivity contribution in [1.82, 2.24) is 15.2 Å². The molecule has 0 saturated heterocycles. The predicted molar refractivity (Wildman–Crippen MR) is 123 cm³/mol. The molecule has 1 aliphatic carbocycles. The van der Waals surface area contributed by atoms with Gasteiger partial charge < -0.3 is 15.5 Å². The number of anilines is 1. The van der Waals surface area contributed by atoms with Crippen LogP contribution in [0.2, 0.25) is 5.02 Å². The summed E-state index contributed by atoms with van der Waals surface area (Å²) in [6.07, 6.45) is 4.45. The number of rotatable bonds is 4. The minimum atomic E-state index is -0.246. The number of fused-ring (bicyclic) bond motifs is 1. The zero-order valence-corrected chi connectivity index (χ0v) is 19.2. The first kappa shape index (κ1) is 23.0. The molecule has 0 spiro atoms. The standard InChI is InChI=1S/C21H25ClN4O2S.ClH/c1-26-11-10-17-18(12-26)29-21(25-17)20(28)24-16-5-3-2-4-15(16)19(27)23-14-8-6-13(22)7-9-14;/h6-9,15-16H,2-5,10-12H2,1H3,(H,23,27)(H,24,28);1H/t15-,16-;/m1./s1. The first-order chi connectivity index (χ1) is 14.0. The molecular formula is C21H26Cl2N4O2S. The highest BCUT2D eigenvalue weighted by Gasteiger charge is 2.33. The average Bonchev–Trinajstić information content (AvgIpc) is 3.13. The molecule has 2 heterocycles. The lowest BCUT2D eigenvalue weighted by molar-refractivity contribution is -0.121. The number of nitrogens with zero attached hydrogens (tertiary/aromatic N) is 2. The maximum atomic E-state index is 12.9. The predicted octanol–water partition coefficient (Wildman–Crippen LogP) is 4.13. The maximum absolute atomic E-state index is 12.9. The van der Waals surface area contributed by atoms with Crippen LogP contribution >= 0.6 is 35.3 Å². The van der Waals surface area contributed by atoms with Gasteiger partial charge in [-0.15, -0.1) is 23.7 Å². The van der Waals surface area contributed by atoms with Gasteiger partial charge in [0.05, 0.1) is 11.6 Å². The number of hydrogen-bond donors (Lipinski definition) is 2. The fourth-order valence-corrected chi connectivity index (χ4v) is 5.25.